The van der Waals surface area contributed by atoms with Crippen LogP contribution in [0.5, 0.6) is 0 Å². The number of nitrogens with one attached hydrogen (secondary N) is 2. The quantitative estimate of drug-likeness (QED) is 0.660. The third-order valence-corrected chi connectivity index (χ3v) is 2.63. The normalized spacial score (nSPS) is 19.7. The van der Waals surface area contributed by atoms with E-state index in [9.17, 15) is 0 Å². The maximum absolute atomic E-state index is 4.55. The largest absolute Gasteiger partial charge is 0.365 e. The first-order chi connectivity index (χ1) is 6.74. The fraction of sp³-hybridized carbons (Fsp3) is 0.400. The van der Waals surface area contributed by atoms with Crippen LogP contribution in [-0.2, 0) is 6.42 Å². The van der Waals surface area contributed by atoms with E-state index < -0.39 is 0 Å². The Labute approximate surface area is 81.7 Å². The van der Waals surface area contributed by atoms with Gasteiger partial charge in [-0.05, 0) is 19.9 Å². The van der Waals surface area contributed by atoms with Gasteiger partial charge in [0.05, 0.1) is 16.6 Å². The number of anilines is 1. The van der Waals surface area contributed by atoms with Crippen LogP contribution in [0.15, 0.2) is 6.07 Å². The molecule has 0 spiro atoms. The van der Waals surface area contributed by atoms with E-state index in [1.165, 1.54) is 0 Å². The van der Waals surface area contributed by atoms with Gasteiger partial charge in [0.2, 0.25) is 0 Å². The number of nitrogens with zero attached hydrogens (tertiary/aromatic N) is 2. The molecule has 0 bridgehead atoms. The van der Waals surface area contributed by atoms with Gasteiger partial charge in [0, 0.05) is 18.2 Å². The minimum atomic E-state index is 0.420. The van der Waals surface area contributed by atoms with E-state index in [0.29, 0.717) is 6.04 Å². The topological polar surface area (TPSA) is 53.6 Å². The van der Waals surface area contributed by atoms with Gasteiger partial charge in [-0.1, -0.05) is 0 Å². The molecule has 3 rings (SSSR count). The molecule has 2 aromatic heterocycles. The van der Waals surface area contributed by atoms with Crippen molar-refractivity contribution >= 4 is 16.7 Å². The van der Waals surface area contributed by atoms with E-state index in [1.807, 2.05) is 13.0 Å². The Bertz CT molecular complexity index is 500. The van der Waals surface area contributed by atoms with Gasteiger partial charge in [-0.15, -0.1) is 0 Å². The lowest BCUT2D eigenvalue weighted by Gasteiger charge is -2.19. The lowest BCUT2D eigenvalue weighted by atomic mass is 10.0. The minimum Gasteiger partial charge on any atom is -0.365 e. The molecule has 1 atom stereocenters. The first-order valence-electron chi connectivity index (χ1n) is 4.85. The minimum absolute atomic E-state index is 0.420. The van der Waals surface area contributed by atoms with Gasteiger partial charge in [0.25, 0.3) is 0 Å². The number of rotatable bonds is 0. The lowest BCUT2D eigenvalue weighted by molar-refractivity contribution is 0.757. The fourth-order valence-electron chi connectivity index (χ4n) is 2.09. The molecule has 0 aliphatic carbocycles. The fourth-order valence-corrected chi connectivity index (χ4v) is 2.09. The Morgan fingerprint density at radius 3 is 3.21 bits per heavy atom. The number of H-pyrrole nitrogens is 1. The second-order valence-electron chi connectivity index (χ2n) is 3.95. The zero-order valence-corrected chi connectivity index (χ0v) is 8.26. The number of pyridine rings is 1. The molecular formula is C10H12N4. The van der Waals surface area contributed by atoms with E-state index in [4.69, 9.17) is 0 Å². The SMILES string of the molecule is Cc1cc2[nH]nc3c2c(n1)CC(C)N3. The predicted molar refractivity (Wildman–Crippen MR) is 55.4 cm³/mol. The molecule has 0 saturated carbocycles. The Kier molecular flexibility index (Phi) is 1.37. The molecule has 14 heavy (non-hydrogen) atoms. The number of hydrogen-bond acceptors (Lipinski definition) is 3. The molecule has 4 nitrogen and oxygen atoms in total. The van der Waals surface area contributed by atoms with Gasteiger partial charge in [0.15, 0.2) is 5.82 Å². The van der Waals surface area contributed by atoms with Gasteiger partial charge < -0.3 is 5.32 Å². The molecule has 1 unspecified atom stereocenters. The Morgan fingerprint density at radius 1 is 1.50 bits per heavy atom. The van der Waals surface area contributed by atoms with Crippen LogP contribution in [0, 0.1) is 6.92 Å². The Hall–Kier alpha value is -1.58. The number of hydrogen-bond donors (Lipinski definition) is 2. The van der Waals surface area contributed by atoms with E-state index in [-0.39, 0.29) is 0 Å². The van der Waals surface area contributed by atoms with Crippen molar-refractivity contribution in [3.8, 4) is 0 Å². The third kappa shape index (κ3) is 0.937. The van der Waals surface area contributed by atoms with Gasteiger partial charge in [0.1, 0.15) is 0 Å². The Morgan fingerprint density at radius 2 is 2.36 bits per heavy atom. The number of aryl methyl sites for hydroxylation is 1. The summed E-state index contributed by atoms with van der Waals surface area (Å²) in [5.74, 6) is 0.946. The van der Waals surface area contributed by atoms with Crippen LogP contribution in [0.4, 0.5) is 5.82 Å². The zero-order valence-electron chi connectivity index (χ0n) is 8.26. The summed E-state index contributed by atoms with van der Waals surface area (Å²) in [6.07, 6.45) is 0.977. The van der Waals surface area contributed by atoms with Crippen LogP contribution in [0.1, 0.15) is 18.3 Å². The van der Waals surface area contributed by atoms with Crippen molar-refractivity contribution < 1.29 is 0 Å². The molecule has 4 heteroatoms. The van der Waals surface area contributed by atoms with Crippen LogP contribution >= 0.6 is 0 Å². The summed E-state index contributed by atoms with van der Waals surface area (Å²) in [6.45, 7) is 4.16. The predicted octanol–water partition coefficient (Wildman–Crippen LogP) is 1.62. The van der Waals surface area contributed by atoms with Crippen molar-refractivity contribution in [2.45, 2.75) is 26.3 Å². The maximum atomic E-state index is 4.55. The van der Waals surface area contributed by atoms with Crippen LogP contribution in [0.2, 0.25) is 0 Å². The lowest BCUT2D eigenvalue weighted by Crippen LogP contribution is -2.23. The van der Waals surface area contributed by atoms with E-state index >= 15 is 0 Å². The molecule has 0 amide bonds. The first kappa shape index (κ1) is 7.79. The molecule has 3 heterocycles. The van der Waals surface area contributed by atoms with Crippen LogP contribution in [-0.4, -0.2) is 21.2 Å². The highest BCUT2D eigenvalue weighted by atomic mass is 15.2. The maximum Gasteiger partial charge on any atom is 0.157 e. The molecular weight excluding hydrogens is 176 g/mol. The average Bonchev–Trinajstić information content (AvgIpc) is 2.48. The van der Waals surface area contributed by atoms with Crippen molar-refractivity contribution in [3.05, 3.63) is 17.5 Å². The average molecular weight is 188 g/mol. The van der Waals surface area contributed by atoms with Crippen molar-refractivity contribution in [1.82, 2.24) is 15.2 Å². The molecule has 0 fully saturated rings. The van der Waals surface area contributed by atoms with Crippen molar-refractivity contribution in [3.63, 3.8) is 0 Å². The molecule has 1 aliphatic rings. The van der Waals surface area contributed by atoms with E-state index in [0.717, 1.165) is 34.5 Å². The summed E-state index contributed by atoms with van der Waals surface area (Å²) >= 11 is 0. The summed E-state index contributed by atoms with van der Waals surface area (Å²) in [6, 6.07) is 2.45. The van der Waals surface area contributed by atoms with Crippen molar-refractivity contribution in [1.29, 1.82) is 0 Å². The summed E-state index contributed by atoms with van der Waals surface area (Å²) < 4.78 is 0. The van der Waals surface area contributed by atoms with Crippen LogP contribution in [0.3, 0.4) is 0 Å². The highest BCUT2D eigenvalue weighted by molar-refractivity contribution is 5.93. The standard InChI is InChI=1S/C10H12N4/c1-5-4-8-9-7(11-5)3-6(2)12-10(9)14-13-8/h4,6H,3H2,1-2H3,(H2,12,13,14). The molecule has 2 N–H and O–H groups in total. The molecule has 0 saturated heterocycles. The van der Waals surface area contributed by atoms with E-state index in [2.05, 4.69) is 27.4 Å². The molecule has 2 aromatic rings. The number of aromatic nitrogens is 3. The van der Waals surface area contributed by atoms with Gasteiger partial charge >= 0.3 is 0 Å². The third-order valence-electron chi connectivity index (χ3n) is 2.63. The molecule has 72 valence electrons. The smallest absolute Gasteiger partial charge is 0.157 e. The van der Waals surface area contributed by atoms with E-state index in [1.54, 1.807) is 0 Å². The van der Waals surface area contributed by atoms with Gasteiger partial charge in [-0.25, -0.2) is 0 Å². The molecule has 0 aromatic carbocycles. The summed E-state index contributed by atoms with van der Waals surface area (Å²) in [7, 11) is 0. The van der Waals surface area contributed by atoms with Crippen molar-refractivity contribution in [2.75, 3.05) is 5.32 Å². The van der Waals surface area contributed by atoms with Gasteiger partial charge in [-0.2, -0.15) is 5.10 Å². The summed E-state index contributed by atoms with van der Waals surface area (Å²) in [4.78, 5) is 4.55. The first-order valence-corrected chi connectivity index (χ1v) is 4.85. The molecule has 1 aliphatic heterocycles. The van der Waals surface area contributed by atoms with Gasteiger partial charge in [-0.3, -0.25) is 10.1 Å². The number of aromatic amines is 1. The second kappa shape index (κ2) is 2.47. The van der Waals surface area contributed by atoms with Crippen LogP contribution < -0.4 is 5.32 Å². The summed E-state index contributed by atoms with van der Waals surface area (Å²) in [5, 5.41) is 11.8. The van der Waals surface area contributed by atoms with Crippen molar-refractivity contribution in [2.24, 2.45) is 0 Å². The monoisotopic (exact) mass is 188 g/mol. The zero-order chi connectivity index (χ0) is 9.71. The summed E-state index contributed by atoms with van der Waals surface area (Å²) in [5.41, 5.74) is 3.30. The van der Waals surface area contributed by atoms with Crippen LogP contribution in [0.25, 0.3) is 10.9 Å². The second-order valence-corrected chi connectivity index (χ2v) is 3.95. The highest BCUT2D eigenvalue weighted by Gasteiger charge is 2.20. The highest BCUT2D eigenvalue weighted by Crippen LogP contribution is 2.29. The Balaban J connectivity index is 2.38. The molecule has 0 radical (unpaired) electrons.